The average Bonchev–Trinajstić information content (AvgIpc) is 2.89. The van der Waals surface area contributed by atoms with Crippen molar-refractivity contribution >= 4 is 5.82 Å². The Labute approximate surface area is 140 Å². The molecule has 0 fully saturated rings. The quantitative estimate of drug-likeness (QED) is 0.738. The molecule has 2 aromatic heterocycles. The minimum absolute atomic E-state index is 0.188. The summed E-state index contributed by atoms with van der Waals surface area (Å²) in [5.41, 5.74) is 3.50. The standard InChI is InChI=1S/C18H20FN5/c1-12-5-6-15(10-16(12)19)11-23(4)17-7-8-18(21-20-17)24-14(3)9-13(2)22-24/h5-10H,11H2,1-4H3. The summed E-state index contributed by atoms with van der Waals surface area (Å²) in [6.45, 7) is 6.24. The fraction of sp³-hybridized carbons (Fsp3) is 0.278. The highest BCUT2D eigenvalue weighted by Gasteiger charge is 2.09. The van der Waals surface area contributed by atoms with E-state index in [2.05, 4.69) is 15.3 Å². The Morgan fingerprint density at radius 3 is 2.42 bits per heavy atom. The van der Waals surface area contributed by atoms with Crippen LogP contribution in [-0.4, -0.2) is 27.0 Å². The van der Waals surface area contributed by atoms with Crippen LogP contribution >= 0.6 is 0 Å². The first kappa shape index (κ1) is 16.1. The average molecular weight is 325 g/mol. The fourth-order valence-electron chi connectivity index (χ4n) is 2.59. The number of hydrogen-bond donors (Lipinski definition) is 0. The highest BCUT2D eigenvalue weighted by atomic mass is 19.1. The van der Waals surface area contributed by atoms with E-state index in [1.54, 1.807) is 23.7 Å². The van der Waals surface area contributed by atoms with Gasteiger partial charge in [-0.05, 0) is 56.2 Å². The van der Waals surface area contributed by atoms with Gasteiger partial charge in [0.1, 0.15) is 5.82 Å². The maximum atomic E-state index is 13.7. The molecular formula is C18H20FN5. The second-order valence-corrected chi connectivity index (χ2v) is 6.03. The predicted molar refractivity (Wildman–Crippen MR) is 91.9 cm³/mol. The Morgan fingerprint density at radius 2 is 1.83 bits per heavy atom. The zero-order chi connectivity index (χ0) is 17.3. The van der Waals surface area contributed by atoms with Crippen molar-refractivity contribution in [3.8, 4) is 5.82 Å². The molecule has 6 heteroatoms. The van der Waals surface area contributed by atoms with E-state index in [-0.39, 0.29) is 5.82 Å². The second kappa shape index (κ2) is 6.39. The lowest BCUT2D eigenvalue weighted by Crippen LogP contribution is -2.18. The van der Waals surface area contributed by atoms with Crippen LogP contribution in [0.3, 0.4) is 0 Å². The summed E-state index contributed by atoms with van der Waals surface area (Å²) in [6, 6.07) is 11.0. The van der Waals surface area contributed by atoms with Crippen LogP contribution in [0.5, 0.6) is 0 Å². The Balaban J connectivity index is 1.77. The van der Waals surface area contributed by atoms with E-state index in [0.29, 0.717) is 17.9 Å². The molecule has 0 radical (unpaired) electrons. The van der Waals surface area contributed by atoms with Crippen LogP contribution in [0.25, 0.3) is 5.82 Å². The SMILES string of the molecule is Cc1cc(C)n(-c2ccc(N(C)Cc3ccc(C)c(F)c3)nn2)n1. The molecule has 0 N–H and O–H groups in total. The van der Waals surface area contributed by atoms with Crippen molar-refractivity contribution in [1.29, 1.82) is 0 Å². The molecule has 1 aromatic carbocycles. The molecular weight excluding hydrogens is 305 g/mol. The molecule has 0 atom stereocenters. The molecule has 0 saturated carbocycles. The minimum Gasteiger partial charge on any atom is -0.354 e. The number of rotatable bonds is 4. The second-order valence-electron chi connectivity index (χ2n) is 6.03. The lowest BCUT2D eigenvalue weighted by Gasteiger charge is -2.18. The van der Waals surface area contributed by atoms with Crippen molar-refractivity contribution in [2.45, 2.75) is 27.3 Å². The van der Waals surface area contributed by atoms with Crippen molar-refractivity contribution in [3.05, 3.63) is 64.7 Å². The summed E-state index contributed by atoms with van der Waals surface area (Å²) in [5.74, 6) is 1.22. The molecule has 0 bridgehead atoms. The monoisotopic (exact) mass is 325 g/mol. The van der Waals surface area contributed by atoms with Crippen LogP contribution in [0.2, 0.25) is 0 Å². The number of nitrogens with zero attached hydrogens (tertiary/aromatic N) is 5. The summed E-state index contributed by atoms with van der Waals surface area (Å²) in [5, 5.41) is 12.9. The van der Waals surface area contributed by atoms with Crippen molar-refractivity contribution in [2.24, 2.45) is 0 Å². The molecule has 3 rings (SSSR count). The molecule has 124 valence electrons. The Morgan fingerprint density at radius 1 is 1.04 bits per heavy atom. The van der Waals surface area contributed by atoms with Gasteiger partial charge in [0.2, 0.25) is 0 Å². The van der Waals surface area contributed by atoms with Crippen LogP contribution in [-0.2, 0) is 6.54 Å². The zero-order valence-corrected chi connectivity index (χ0v) is 14.3. The summed E-state index contributed by atoms with van der Waals surface area (Å²) in [6.07, 6.45) is 0. The summed E-state index contributed by atoms with van der Waals surface area (Å²) in [4.78, 5) is 1.93. The third kappa shape index (κ3) is 3.27. The molecule has 24 heavy (non-hydrogen) atoms. The van der Waals surface area contributed by atoms with Gasteiger partial charge in [-0.15, -0.1) is 10.2 Å². The molecule has 2 heterocycles. The largest absolute Gasteiger partial charge is 0.354 e. The summed E-state index contributed by atoms with van der Waals surface area (Å²) in [7, 11) is 1.91. The molecule has 0 saturated heterocycles. The van der Waals surface area contributed by atoms with E-state index in [4.69, 9.17) is 0 Å². The van der Waals surface area contributed by atoms with E-state index >= 15 is 0 Å². The molecule has 0 aliphatic rings. The first-order valence-electron chi connectivity index (χ1n) is 7.77. The zero-order valence-electron chi connectivity index (χ0n) is 14.3. The van der Waals surface area contributed by atoms with E-state index in [9.17, 15) is 4.39 Å². The van der Waals surface area contributed by atoms with Crippen LogP contribution in [0.1, 0.15) is 22.5 Å². The van der Waals surface area contributed by atoms with Gasteiger partial charge >= 0.3 is 0 Å². The first-order valence-corrected chi connectivity index (χ1v) is 7.77. The predicted octanol–water partition coefficient (Wildman–Crippen LogP) is 3.36. The third-order valence-electron chi connectivity index (χ3n) is 3.91. The Bertz CT molecular complexity index is 854. The Hall–Kier alpha value is -2.76. The fourth-order valence-corrected chi connectivity index (χ4v) is 2.59. The van der Waals surface area contributed by atoms with Crippen molar-refractivity contribution in [3.63, 3.8) is 0 Å². The van der Waals surface area contributed by atoms with E-state index < -0.39 is 0 Å². The lowest BCUT2D eigenvalue weighted by atomic mass is 10.1. The van der Waals surface area contributed by atoms with Gasteiger partial charge in [-0.1, -0.05) is 12.1 Å². The van der Waals surface area contributed by atoms with Gasteiger partial charge in [0.15, 0.2) is 11.6 Å². The first-order chi connectivity index (χ1) is 11.4. The van der Waals surface area contributed by atoms with Gasteiger partial charge in [0.05, 0.1) is 5.69 Å². The number of anilines is 1. The molecule has 3 aromatic rings. The molecule has 0 spiro atoms. The Kier molecular flexibility index (Phi) is 4.29. The maximum absolute atomic E-state index is 13.7. The lowest BCUT2D eigenvalue weighted by molar-refractivity contribution is 0.615. The molecule has 5 nitrogen and oxygen atoms in total. The number of halogens is 1. The van der Waals surface area contributed by atoms with Gasteiger partial charge in [0, 0.05) is 19.3 Å². The van der Waals surface area contributed by atoms with Gasteiger partial charge in [-0.2, -0.15) is 5.10 Å². The van der Waals surface area contributed by atoms with Crippen LogP contribution in [0, 0.1) is 26.6 Å². The van der Waals surface area contributed by atoms with E-state index in [1.807, 2.05) is 50.1 Å². The third-order valence-corrected chi connectivity index (χ3v) is 3.91. The summed E-state index contributed by atoms with van der Waals surface area (Å²) >= 11 is 0. The van der Waals surface area contributed by atoms with Crippen LogP contribution in [0.15, 0.2) is 36.4 Å². The molecule has 0 aliphatic heterocycles. The minimum atomic E-state index is -0.188. The number of benzene rings is 1. The van der Waals surface area contributed by atoms with E-state index in [1.165, 1.54) is 0 Å². The number of hydrogen-bond acceptors (Lipinski definition) is 4. The van der Waals surface area contributed by atoms with Crippen LogP contribution in [0.4, 0.5) is 10.2 Å². The molecule has 0 aliphatic carbocycles. The van der Waals surface area contributed by atoms with Gasteiger partial charge in [-0.25, -0.2) is 9.07 Å². The topological polar surface area (TPSA) is 46.8 Å². The molecule has 0 amide bonds. The summed E-state index contributed by atoms with van der Waals surface area (Å²) < 4.78 is 15.4. The maximum Gasteiger partial charge on any atom is 0.176 e. The van der Waals surface area contributed by atoms with Gasteiger partial charge < -0.3 is 4.90 Å². The smallest absolute Gasteiger partial charge is 0.176 e. The number of aromatic nitrogens is 4. The van der Waals surface area contributed by atoms with Gasteiger partial charge in [-0.3, -0.25) is 0 Å². The van der Waals surface area contributed by atoms with Crippen LogP contribution < -0.4 is 4.90 Å². The van der Waals surface area contributed by atoms with Crippen molar-refractivity contribution in [1.82, 2.24) is 20.0 Å². The van der Waals surface area contributed by atoms with E-state index in [0.717, 1.165) is 22.8 Å². The highest BCUT2D eigenvalue weighted by Crippen LogP contribution is 2.16. The van der Waals surface area contributed by atoms with Crippen molar-refractivity contribution < 1.29 is 4.39 Å². The van der Waals surface area contributed by atoms with Gasteiger partial charge in [0.25, 0.3) is 0 Å². The van der Waals surface area contributed by atoms with Crippen molar-refractivity contribution in [2.75, 3.05) is 11.9 Å². The molecule has 0 unspecified atom stereocenters. The highest BCUT2D eigenvalue weighted by molar-refractivity contribution is 5.40. The number of aryl methyl sites for hydroxylation is 3. The normalized spacial score (nSPS) is 10.9.